The molecule has 1 aliphatic heterocycles. The van der Waals surface area contributed by atoms with Crippen LogP contribution in [0, 0.1) is 5.92 Å². The van der Waals surface area contributed by atoms with Gasteiger partial charge in [0, 0.05) is 12.5 Å². The first-order valence-electron chi connectivity index (χ1n) is 6.25. The molecule has 0 fully saturated rings. The minimum Gasteiger partial charge on any atom is -0.482 e. The molecule has 1 aromatic rings. The van der Waals surface area contributed by atoms with Crippen LogP contribution in [0.2, 0.25) is 5.02 Å². The van der Waals surface area contributed by atoms with Crippen LogP contribution in [0.5, 0.6) is 5.75 Å². The van der Waals surface area contributed by atoms with E-state index in [-0.39, 0.29) is 24.3 Å². The third kappa shape index (κ3) is 3.40. The van der Waals surface area contributed by atoms with Gasteiger partial charge in [-0.1, -0.05) is 18.5 Å². The maximum absolute atomic E-state index is 11.8. The van der Waals surface area contributed by atoms with Gasteiger partial charge in [0.1, 0.15) is 5.75 Å². The number of fused-ring (bicyclic) bond motifs is 1. The smallest absolute Gasteiger partial charge is 0.262 e. The van der Waals surface area contributed by atoms with Crippen LogP contribution < -0.4 is 21.1 Å². The molecular formula is C13H16ClN3O3. The van der Waals surface area contributed by atoms with Crippen LogP contribution in [0.3, 0.4) is 0 Å². The van der Waals surface area contributed by atoms with Crippen LogP contribution in [0.15, 0.2) is 12.1 Å². The van der Waals surface area contributed by atoms with E-state index in [9.17, 15) is 9.59 Å². The van der Waals surface area contributed by atoms with Gasteiger partial charge in [-0.25, -0.2) is 0 Å². The lowest BCUT2D eigenvalue weighted by Gasteiger charge is -2.20. The molecule has 0 saturated heterocycles. The van der Waals surface area contributed by atoms with Crippen molar-refractivity contribution in [1.82, 2.24) is 0 Å². The van der Waals surface area contributed by atoms with E-state index in [1.165, 1.54) is 0 Å². The van der Waals surface area contributed by atoms with Gasteiger partial charge in [-0.15, -0.1) is 0 Å². The van der Waals surface area contributed by atoms with Gasteiger partial charge in [0.2, 0.25) is 5.91 Å². The van der Waals surface area contributed by atoms with Crippen LogP contribution in [0.1, 0.15) is 13.3 Å². The van der Waals surface area contributed by atoms with Gasteiger partial charge in [-0.2, -0.15) is 0 Å². The highest BCUT2D eigenvalue weighted by Gasteiger charge is 2.19. The lowest BCUT2D eigenvalue weighted by Crippen LogP contribution is -2.25. The molecule has 1 heterocycles. The summed E-state index contributed by atoms with van der Waals surface area (Å²) in [7, 11) is 0. The summed E-state index contributed by atoms with van der Waals surface area (Å²) in [5.41, 5.74) is 6.44. The van der Waals surface area contributed by atoms with Crippen molar-refractivity contribution < 1.29 is 14.3 Å². The normalized spacial score (nSPS) is 14.8. The second-order valence-corrected chi connectivity index (χ2v) is 5.17. The number of carbonyl (C=O) groups excluding carboxylic acids is 2. The van der Waals surface area contributed by atoms with Gasteiger partial charge < -0.3 is 21.1 Å². The molecule has 1 unspecified atom stereocenters. The summed E-state index contributed by atoms with van der Waals surface area (Å²) in [5, 5.41) is 5.70. The highest BCUT2D eigenvalue weighted by atomic mass is 35.5. The first kappa shape index (κ1) is 14.6. The zero-order chi connectivity index (χ0) is 14.7. The summed E-state index contributed by atoms with van der Waals surface area (Å²) in [6.07, 6.45) is 0.321. The molecule has 7 heteroatoms. The molecule has 108 valence electrons. The third-order valence-electron chi connectivity index (χ3n) is 2.91. The zero-order valence-electron chi connectivity index (χ0n) is 11.0. The number of halogens is 1. The Bertz CT molecular complexity index is 548. The van der Waals surface area contributed by atoms with Crippen LogP contribution >= 0.6 is 11.6 Å². The number of benzene rings is 1. The molecular weight excluding hydrogens is 282 g/mol. The molecule has 1 aromatic carbocycles. The van der Waals surface area contributed by atoms with Gasteiger partial charge in [-0.3, -0.25) is 9.59 Å². The zero-order valence-corrected chi connectivity index (χ0v) is 11.8. The van der Waals surface area contributed by atoms with Crippen molar-refractivity contribution in [3.63, 3.8) is 0 Å². The number of anilines is 2. The lowest BCUT2D eigenvalue weighted by atomic mass is 10.1. The van der Waals surface area contributed by atoms with Crippen LogP contribution in [-0.2, 0) is 9.59 Å². The van der Waals surface area contributed by atoms with E-state index in [1.807, 2.05) is 6.92 Å². The fourth-order valence-corrected chi connectivity index (χ4v) is 2.01. The predicted molar refractivity (Wildman–Crippen MR) is 77.0 cm³/mol. The Balaban J connectivity index is 2.13. The van der Waals surface area contributed by atoms with Crippen LogP contribution in [-0.4, -0.2) is 25.0 Å². The minimum absolute atomic E-state index is 0.0494. The predicted octanol–water partition coefficient (Wildman–Crippen LogP) is 1.59. The number of nitrogens with two attached hydrogens (primary N) is 1. The third-order valence-corrected chi connectivity index (χ3v) is 3.23. The Morgan fingerprint density at radius 3 is 3.05 bits per heavy atom. The van der Waals surface area contributed by atoms with Gasteiger partial charge in [0.05, 0.1) is 16.4 Å². The SMILES string of the molecule is CC(CN)CC(=O)Nc1cc2c(cc1Cl)NC(=O)CO2. The maximum atomic E-state index is 11.8. The first-order valence-corrected chi connectivity index (χ1v) is 6.63. The van der Waals surface area contributed by atoms with Crippen molar-refractivity contribution in [2.75, 3.05) is 23.8 Å². The Hall–Kier alpha value is -1.79. The maximum Gasteiger partial charge on any atom is 0.262 e. The molecule has 6 nitrogen and oxygen atoms in total. The largest absolute Gasteiger partial charge is 0.482 e. The average Bonchev–Trinajstić information content (AvgIpc) is 2.39. The monoisotopic (exact) mass is 297 g/mol. The number of hydrogen-bond donors (Lipinski definition) is 3. The summed E-state index contributed by atoms with van der Waals surface area (Å²) >= 11 is 6.08. The van der Waals surface area contributed by atoms with E-state index in [4.69, 9.17) is 22.1 Å². The Morgan fingerprint density at radius 2 is 2.35 bits per heavy atom. The van der Waals surface area contributed by atoms with E-state index in [0.29, 0.717) is 35.1 Å². The van der Waals surface area contributed by atoms with Gasteiger partial charge in [0.15, 0.2) is 6.61 Å². The second kappa shape index (κ2) is 6.11. The molecule has 20 heavy (non-hydrogen) atoms. The molecule has 4 N–H and O–H groups in total. The number of carbonyl (C=O) groups is 2. The van der Waals surface area contributed by atoms with E-state index in [2.05, 4.69) is 10.6 Å². The van der Waals surface area contributed by atoms with Crippen molar-refractivity contribution >= 4 is 34.8 Å². The summed E-state index contributed by atoms with van der Waals surface area (Å²) in [6, 6.07) is 3.15. The Morgan fingerprint density at radius 1 is 1.60 bits per heavy atom. The Kier molecular flexibility index (Phi) is 4.46. The number of nitrogens with one attached hydrogen (secondary N) is 2. The van der Waals surface area contributed by atoms with E-state index in [1.54, 1.807) is 12.1 Å². The highest BCUT2D eigenvalue weighted by molar-refractivity contribution is 6.34. The van der Waals surface area contributed by atoms with Gasteiger partial charge in [-0.05, 0) is 18.5 Å². The summed E-state index contributed by atoms with van der Waals surface area (Å²) in [4.78, 5) is 23.0. The molecule has 0 aromatic heterocycles. The fourth-order valence-electron chi connectivity index (χ4n) is 1.80. The van der Waals surface area contributed by atoms with Crippen molar-refractivity contribution in [2.24, 2.45) is 11.7 Å². The lowest BCUT2D eigenvalue weighted by molar-refractivity contribution is -0.119. The molecule has 0 saturated carbocycles. The fraction of sp³-hybridized carbons (Fsp3) is 0.385. The molecule has 0 spiro atoms. The summed E-state index contributed by atoms with van der Waals surface area (Å²) < 4.78 is 5.27. The molecule has 0 bridgehead atoms. The standard InChI is InChI=1S/C13H16ClN3O3/c1-7(5-15)2-12(18)16-9-4-11-10(3-8(9)14)17-13(19)6-20-11/h3-4,7H,2,5-6,15H2,1H3,(H,16,18)(H,17,19). The summed E-state index contributed by atoms with van der Waals surface area (Å²) in [5.74, 6) is 0.185. The van der Waals surface area contributed by atoms with Crippen molar-refractivity contribution in [3.8, 4) is 5.75 Å². The van der Waals surface area contributed by atoms with Crippen molar-refractivity contribution in [3.05, 3.63) is 17.2 Å². The van der Waals surface area contributed by atoms with E-state index < -0.39 is 0 Å². The van der Waals surface area contributed by atoms with E-state index in [0.717, 1.165) is 0 Å². The average molecular weight is 298 g/mol. The van der Waals surface area contributed by atoms with Crippen LogP contribution in [0.4, 0.5) is 11.4 Å². The molecule has 2 rings (SSSR count). The molecule has 0 radical (unpaired) electrons. The number of hydrogen-bond acceptors (Lipinski definition) is 4. The van der Waals surface area contributed by atoms with Crippen molar-refractivity contribution in [2.45, 2.75) is 13.3 Å². The topological polar surface area (TPSA) is 93.5 Å². The molecule has 1 atom stereocenters. The second-order valence-electron chi connectivity index (χ2n) is 4.76. The first-order chi connectivity index (χ1) is 9.49. The highest BCUT2D eigenvalue weighted by Crippen LogP contribution is 2.36. The van der Waals surface area contributed by atoms with E-state index >= 15 is 0 Å². The number of rotatable bonds is 4. The number of amides is 2. The van der Waals surface area contributed by atoms with Crippen LogP contribution in [0.25, 0.3) is 0 Å². The summed E-state index contributed by atoms with van der Waals surface area (Å²) in [6.45, 7) is 2.29. The Labute approximate surface area is 121 Å². The quantitative estimate of drug-likeness (QED) is 0.787. The van der Waals surface area contributed by atoms with Gasteiger partial charge in [0.25, 0.3) is 5.91 Å². The minimum atomic E-state index is -0.234. The molecule has 1 aliphatic rings. The number of ether oxygens (including phenoxy) is 1. The molecule has 0 aliphatic carbocycles. The molecule has 2 amide bonds. The van der Waals surface area contributed by atoms with Gasteiger partial charge >= 0.3 is 0 Å². The van der Waals surface area contributed by atoms with Crippen molar-refractivity contribution in [1.29, 1.82) is 0 Å².